The van der Waals surface area contributed by atoms with Crippen LogP contribution in [0.15, 0.2) is 66.9 Å². The van der Waals surface area contributed by atoms with Crippen molar-refractivity contribution in [3.8, 4) is 22.4 Å². The molecule has 1 heteroatoms. The predicted molar refractivity (Wildman–Crippen MR) is 119 cm³/mol. The van der Waals surface area contributed by atoms with Crippen molar-refractivity contribution in [1.29, 1.82) is 0 Å². The third-order valence-corrected chi connectivity index (χ3v) is 7.60. The van der Waals surface area contributed by atoms with E-state index in [9.17, 15) is 0 Å². The second kappa shape index (κ2) is 6.58. The van der Waals surface area contributed by atoms with Gasteiger partial charge >= 0.3 is 0 Å². The standard InChI is InChI=1S/C27H31N/c1-18-19(2)27(5,6)24-16-22(12-13-23(24)26(18,3)4)25-17-21(14-15-28-25)20-10-8-7-9-11-20/h7-19H,1-6H3/t18-,19+/m0/s1. The zero-order valence-corrected chi connectivity index (χ0v) is 18.0. The van der Waals surface area contributed by atoms with Gasteiger partial charge in [0.25, 0.3) is 0 Å². The summed E-state index contributed by atoms with van der Waals surface area (Å²) in [6.45, 7) is 14.4. The first kappa shape index (κ1) is 18.9. The molecule has 1 nitrogen and oxygen atoms in total. The molecule has 1 aliphatic rings. The van der Waals surface area contributed by atoms with Crippen LogP contribution in [-0.2, 0) is 10.8 Å². The van der Waals surface area contributed by atoms with E-state index in [2.05, 4.69) is 102 Å². The highest BCUT2D eigenvalue weighted by Gasteiger charge is 2.46. The van der Waals surface area contributed by atoms with E-state index in [0.29, 0.717) is 11.8 Å². The molecule has 4 rings (SSSR count). The van der Waals surface area contributed by atoms with Gasteiger partial charge in [0, 0.05) is 11.8 Å². The molecule has 0 bridgehead atoms. The summed E-state index contributed by atoms with van der Waals surface area (Å²) in [7, 11) is 0. The molecule has 2 atom stereocenters. The highest BCUT2D eigenvalue weighted by atomic mass is 14.7. The molecule has 28 heavy (non-hydrogen) atoms. The van der Waals surface area contributed by atoms with E-state index in [1.807, 2.05) is 6.20 Å². The maximum Gasteiger partial charge on any atom is 0.0708 e. The van der Waals surface area contributed by atoms with Gasteiger partial charge in [-0.2, -0.15) is 0 Å². The average Bonchev–Trinajstić information content (AvgIpc) is 2.72. The van der Waals surface area contributed by atoms with Crippen molar-refractivity contribution in [2.24, 2.45) is 11.8 Å². The summed E-state index contributed by atoms with van der Waals surface area (Å²) >= 11 is 0. The largest absolute Gasteiger partial charge is 0.256 e. The molecule has 0 radical (unpaired) electrons. The Morgan fingerprint density at radius 3 is 1.96 bits per heavy atom. The summed E-state index contributed by atoms with van der Waals surface area (Å²) in [6.07, 6.45) is 1.93. The summed E-state index contributed by atoms with van der Waals surface area (Å²) < 4.78 is 0. The normalized spacial score (nSPS) is 22.5. The summed E-state index contributed by atoms with van der Waals surface area (Å²) in [5, 5.41) is 0. The lowest BCUT2D eigenvalue weighted by atomic mass is 9.53. The Balaban J connectivity index is 1.83. The van der Waals surface area contributed by atoms with Gasteiger partial charge in [-0.3, -0.25) is 4.98 Å². The van der Waals surface area contributed by atoms with Crippen LogP contribution in [0.5, 0.6) is 0 Å². The Morgan fingerprint density at radius 1 is 0.643 bits per heavy atom. The zero-order chi connectivity index (χ0) is 20.1. The first-order valence-electron chi connectivity index (χ1n) is 10.4. The van der Waals surface area contributed by atoms with E-state index >= 15 is 0 Å². The minimum Gasteiger partial charge on any atom is -0.256 e. The number of fused-ring (bicyclic) bond motifs is 1. The number of hydrogen-bond donors (Lipinski definition) is 0. The van der Waals surface area contributed by atoms with Gasteiger partial charge in [0.05, 0.1) is 5.69 Å². The van der Waals surface area contributed by atoms with Gasteiger partial charge in [0.2, 0.25) is 0 Å². The van der Waals surface area contributed by atoms with Crippen LogP contribution in [-0.4, -0.2) is 4.98 Å². The first-order chi connectivity index (χ1) is 13.2. The maximum absolute atomic E-state index is 4.70. The number of aromatic nitrogens is 1. The molecule has 1 aromatic heterocycles. The minimum atomic E-state index is 0.150. The Kier molecular flexibility index (Phi) is 4.45. The molecule has 144 valence electrons. The lowest BCUT2D eigenvalue weighted by molar-refractivity contribution is 0.145. The molecule has 0 saturated heterocycles. The fraction of sp³-hybridized carbons (Fsp3) is 0.370. The third-order valence-electron chi connectivity index (χ3n) is 7.60. The van der Waals surface area contributed by atoms with Crippen LogP contribution in [0.4, 0.5) is 0 Å². The van der Waals surface area contributed by atoms with Crippen molar-refractivity contribution in [3.05, 3.63) is 78.0 Å². The van der Waals surface area contributed by atoms with Gasteiger partial charge in [-0.15, -0.1) is 0 Å². The first-order valence-corrected chi connectivity index (χ1v) is 10.4. The zero-order valence-electron chi connectivity index (χ0n) is 18.0. The Bertz CT molecular complexity index is 998. The molecule has 0 fully saturated rings. The molecule has 0 saturated carbocycles. The number of benzene rings is 2. The van der Waals surface area contributed by atoms with Crippen LogP contribution in [0.25, 0.3) is 22.4 Å². The van der Waals surface area contributed by atoms with Crippen molar-refractivity contribution < 1.29 is 0 Å². The molecular weight excluding hydrogens is 338 g/mol. The Labute approximate surface area is 169 Å². The Morgan fingerprint density at radius 2 is 1.29 bits per heavy atom. The van der Waals surface area contributed by atoms with Crippen LogP contribution in [0.3, 0.4) is 0 Å². The van der Waals surface area contributed by atoms with Crippen molar-refractivity contribution in [1.82, 2.24) is 4.98 Å². The van der Waals surface area contributed by atoms with Crippen LogP contribution in [0.1, 0.15) is 52.7 Å². The van der Waals surface area contributed by atoms with Crippen molar-refractivity contribution >= 4 is 0 Å². The monoisotopic (exact) mass is 369 g/mol. The molecule has 3 aromatic rings. The van der Waals surface area contributed by atoms with Crippen LogP contribution >= 0.6 is 0 Å². The predicted octanol–water partition coefficient (Wildman–Crippen LogP) is 7.26. The maximum atomic E-state index is 4.70. The molecule has 0 spiro atoms. The van der Waals surface area contributed by atoms with Gasteiger partial charge in [-0.1, -0.05) is 84.0 Å². The number of nitrogens with zero attached hydrogens (tertiary/aromatic N) is 1. The lowest BCUT2D eigenvalue weighted by Gasteiger charge is -2.51. The number of rotatable bonds is 2. The fourth-order valence-electron chi connectivity index (χ4n) is 4.94. The lowest BCUT2D eigenvalue weighted by Crippen LogP contribution is -2.46. The van der Waals surface area contributed by atoms with E-state index < -0.39 is 0 Å². The molecular formula is C27H31N. The quantitative estimate of drug-likeness (QED) is 0.463. The van der Waals surface area contributed by atoms with Gasteiger partial charge < -0.3 is 0 Å². The van der Waals surface area contributed by atoms with E-state index in [1.54, 1.807) is 0 Å². The summed E-state index contributed by atoms with van der Waals surface area (Å²) in [6, 6.07) is 21.8. The average molecular weight is 370 g/mol. The summed E-state index contributed by atoms with van der Waals surface area (Å²) in [4.78, 5) is 4.70. The molecule has 0 amide bonds. The smallest absolute Gasteiger partial charge is 0.0708 e. The van der Waals surface area contributed by atoms with E-state index in [1.165, 1.54) is 27.8 Å². The van der Waals surface area contributed by atoms with E-state index in [-0.39, 0.29) is 10.8 Å². The highest BCUT2D eigenvalue weighted by molar-refractivity contribution is 5.71. The van der Waals surface area contributed by atoms with Gasteiger partial charge in [-0.25, -0.2) is 0 Å². The van der Waals surface area contributed by atoms with E-state index in [4.69, 9.17) is 4.98 Å². The molecule has 1 heterocycles. The second-order valence-corrected chi connectivity index (χ2v) is 9.58. The number of pyridine rings is 1. The summed E-state index contributed by atoms with van der Waals surface area (Å²) in [5.41, 5.74) is 8.00. The molecule has 0 aliphatic heterocycles. The van der Waals surface area contributed by atoms with E-state index in [0.717, 1.165) is 5.69 Å². The molecule has 2 aromatic carbocycles. The highest BCUT2D eigenvalue weighted by Crippen LogP contribution is 2.52. The topological polar surface area (TPSA) is 12.9 Å². The molecule has 0 N–H and O–H groups in total. The third kappa shape index (κ3) is 2.89. The van der Waals surface area contributed by atoms with Crippen molar-refractivity contribution in [3.63, 3.8) is 0 Å². The van der Waals surface area contributed by atoms with Gasteiger partial charge in [0.1, 0.15) is 0 Å². The molecule has 1 aliphatic carbocycles. The van der Waals surface area contributed by atoms with Gasteiger partial charge in [-0.05, 0) is 63.1 Å². The second-order valence-electron chi connectivity index (χ2n) is 9.58. The molecule has 0 unspecified atom stereocenters. The number of hydrogen-bond acceptors (Lipinski definition) is 1. The fourth-order valence-corrected chi connectivity index (χ4v) is 4.94. The minimum absolute atomic E-state index is 0.150. The van der Waals surface area contributed by atoms with Crippen LogP contribution in [0.2, 0.25) is 0 Å². The SMILES string of the molecule is C[C@@H]1[C@H](C)C(C)(C)c2ccc(-c3cc(-c4ccccc4)ccn3)cc2C1(C)C. The van der Waals surface area contributed by atoms with Crippen molar-refractivity contribution in [2.45, 2.75) is 52.4 Å². The van der Waals surface area contributed by atoms with Gasteiger partial charge in [0.15, 0.2) is 0 Å². The Hall–Kier alpha value is -2.41. The van der Waals surface area contributed by atoms with Crippen molar-refractivity contribution in [2.75, 3.05) is 0 Å². The van der Waals surface area contributed by atoms with Crippen LogP contribution < -0.4 is 0 Å². The van der Waals surface area contributed by atoms with Crippen LogP contribution in [0, 0.1) is 11.8 Å². The summed E-state index contributed by atoms with van der Waals surface area (Å²) in [5.74, 6) is 1.26.